The first-order valence-electron chi connectivity index (χ1n) is 14.5. The number of phenols is 2. The van der Waals surface area contributed by atoms with Gasteiger partial charge in [-0.2, -0.15) is 34.6 Å². The Bertz CT molecular complexity index is 2430. The summed E-state index contributed by atoms with van der Waals surface area (Å²) in [6, 6.07) is 26.0. The van der Waals surface area contributed by atoms with E-state index in [2.05, 4.69) is 33.1 Å². The van der Waals surface area contributed by atoms with Crippen LogP contribution in [0.3, 0.4) is 0 Å². The summed E-state index contributed by atoms with van der Waals surface area (Å²) >= 11 is 5.79. The Labute approximate surface area is 296 Å². The molecule has 0 saturated heterocycles. The minimum Gasteiger partial charge on any atom is -0.505 e. The van der Waals surface area contributed by atoms with Crippen molar-refractivity contribution in [1.29, 1.82) is 0 Å². The molecule has 6 rings (SSSR count). The number of aromatic hydroxyl groups is 2. The highest BCUT2D eigenvalue weighted by atomic mass is 32.2. The summed E-state index contributed by atoms with van der Waals surface area (Å²) in [5.74, 6) is -0.664. The molecule has 0 heterocycles. The number of thioether (sulfide) groups is 1. The molecule has 0 aliphatic rings. The van der Waals surface area contributed by atoms with Crippen molar-refractivity contribution >= 4 is 88.9 Å². The van der Waals surface area contributed by atoms with Crippen LogP contribution >= 0.6 is 24.4 Å². The van der Waals surface area contributed by atoms with Crippen molar-refractivity contribution < 1.29 is 36.2 Å². The van der Waals surface area contributed by atoms with E-state index in [1.54, 1.807) is 72.8 Å². The molecule has 6 aromatic carbocycles. The Balaban J connectivity index is 1.35. The Hall–Kier alpha value is -4.84. The first-order valence-corrected chi connectivity index (χ1v) is 19.2. The quantitative estimate of drug-likeness (QED) is 0.0414. The van der Waals surface area contributed by atoms with E-state index in [1.165, 1.54) is 23.9 Å². The van der Waals surface area contributed by atoms with Crippen molar-refractivity contribution in [2.24, 2.45) is 20.5 Å². The first-order chi connectivity index (χ1) is 23.8. The molecule has 4 N–H and O–H groups in total. The summed E-state index contributed by atoms with van der Waals surface area (Å²) in [7, 11) is -9.51. The third-order valence-electron chi connectivity index (χ3n) is 7.75. The van der Waals surface area contributed by atoms with Gasteiger partial charge in [0.05, 0.1) is 11.4 Å². The van der Waals surface area contributed by atoms with Gasteiger partial charge in [-0.05, 0) is 70.1 Å². The maximum atomic E-state index is 12.2. The number of hydrogen-bond acceptors (Lipinski definition) is 12. The van der Waals surface area contributed by atoms with Crippen LogP contribution in [0.2, 0.25) is 0 Å². The summed E-state index contributed by atoms with van der Waals surface area (Å²) in [6.07, 6.45) is 1.82. The monoisotopic (exact) mass is 746 g/mol. The molecule has 16 heteroatoms. The van der Waals surface area contributed by atoms with E-state index in [-0.39, 0.29) is 5.75 Å². The van der Waals surface area contributed by atoms with Crippen molar-refractivity contribution in [1.82, 2.24) is 0 Å². The van der Waals surface area contributed by atoms with E-state index < -0.39 is 52.9 Å². The van der Waals surface area contributed by atoms with Crippen LogP contribution in [0, 0.1) is 0 Å². The van der Waals surface area contributed by atoms with E-state index in [9.17, 15) is 36.2 Å². The fourth-order valence-electron chi connectivity index (χ4n) is 5.31. The molecule has 0 saturated carbocycles. The summed E-state index contributed by atoms with van der Waals surface area (Å²) in [4.78, 5) is -0.504. The van der Waals surface area contributed by atoms with Crippen molar-refractivity contribution in [3.8, 4) is 22.6 Å². The molecule has 0 radical (unpaired) electrons. The number of benzene rings is 6. The lowest BCUT2D eigenvalue weighted by molar-refractivity contribution is 0.471. The fraction of sp³-hybridized carbons (Fsp3) is 0.0588. The topological polar surface area (TPSA) is 199 Å². The second-order valence-corrected chi connectivity index (χ2v) is 14.8. The van der Waals surface area contributed by atoms with Gasteiger partial charge < -0.3 is 10.2 Å². The van der Waals surface area contributed by atoms with Gasteiger partial charge in [0.25, 0.3) is 20.2 Å². The predicted octanol–water partition coefficient (Wildman–Crippen LogP) is 9.55. The van der Waals surface area contributed by atoms with Gasteiger partial charge in [-0.1, -0.05) is 60.7 Å². The second kappa shape index (κ2) is 13.8. The Kier molecular flexibility index (Phi) is 9.67. The minimum atomic E-state index is -4.76. The van der Waals surface area contributed by atoms with Crippen LogP contribution in [0.15, 0.2) is 132 Å². The average molecular weight is 747 g/mol. The maximum Gasteiger partial charge on any atom is 0.296 e. The van der Waals surface area contributed by atoms with Crippen LogP contribution in [-0.2, 0) is 26.0 Å². The van der Waals surface area contributed by atoms with Gasteiger partial charge in [0.2, 0.25) is 0 Å². The molecule has 0 fully saturated rings. The van der Waals surface area contributed by atoms with Crippen LogP contribution in [0.25, 0.3) is 32.7 Å². The lowest BCUT2D eigenvalue weighted by atomic mass is 10.0. The SMILES string of the molecule is CSc1cc(-c2ccc(N=Nc3c(S(=O)(=O)O)cc4ccccc4c3O)c(CS)c2)ccc1N=Nc1c(S(=O)(=O)O)cc2ccccc2c1O. The van der Waals surface area contributed by atoms with E-state index >= 15 is 0 Å². The molecule has 6 aromatic rings. The summed E-state index contributed by atoms with van der Waals surface area (Å²) in [5.41, 5.74) is 2.08. The summed E-state index contributed by atoms with van der Waals surface area (Å²) < 4.78 is 68.4. The standard InChI is InChI=1S/C34H26N4O8S4/c1-48-28-15-20(11-13-27(28)36-38-32-30(50(44,45)46)17-22-7-3-5-9-25(22)34(32)40)19-10-12-26(23(14-19)18-47)35-37-31-29(49(41,42)43)16-21-6-2-4-8-24(21)33(31)39/h2-17,39-40,47H,18H2,1H3,(H,41,42,43)(H,44,45,46). The normalized spacial score (nSPS) is 12.5. The maximum absolute atomic E-state index is 12.2. The number of fused-ring (bicyclic) bond motifs is 2. The van der Waals surface area contributed by atoms with E-state index in [0.29, 0.717) is 43.4 Å². The van der Waals surface area contributed by atoms with Crippen LogP contribution in [-0.4, -0.2) is 42.4 Å². The zero-order valence-electron chi connectivity index (χ0n) is 25.8. The molecule has 0 aliphatic carbocycles. The lowest BCUT2D eigenvalue weighted by Gasteiger charge is -2.11. The first kappa shape index (κ1) is 35.0. The van der Waals surface area contributed by atoms with E-state index in [1.807, 2.05) is 18.4 Å². The zero-order valence-corrected chi connectivity index (χ0v) is 29.2. The average Bonchev–Trinajstić information content (AvgIpc) is 3.09. The zero-order chi connectivity index (χ0) is 35.8. The highest BCUT2D eigenvalue weighted by Crippen LogP contribution is 2.44. The highest BCUT2D eigenvalue weighted by molar-refractivity contribution is 7.98. The predicted molar refractivity (Wildman–Crippen MR) is 196 cm³/mol. The molecule has 50 heavy (non-hydrogen) atoms. The van der Waals surface area contributed by atoms with Crippen molar-refractivity contribution in [2.75, 3.05) is 6.26 Å². The molecule has 12 nitrogen and oxygen atoms in total. The van der Waals surface area contributed by atoms with Crippen LogP contribution in [0.5, 0.6) is 11.5 Å². The minimum absolute atomic E-state index is 0.226. The largest absolute Gasteiger partial charge is 0.505 e. The molecule has 0 amide bonds. The smallest absolute Gasteiger partial charge is 0.296 e. The lowest BCUT2D eigenvalue weighted by Crippen LogP contribution is -1.99. The van der Waals surface area contributed by atoms with Crippen molar-refractivity contribution in [2.45, 2.75) is 20.4 Å². The summed E-state index contributed by atoms with van der Waals surface area (Å²) in [5, 5.41) is 39.7. The molecule has 254 valence electrons. The van der Waals surface area contributed by atoms with Gasteiger partial charge >= 0.3 is 0 Å². The Morgan fingerprint density at radius 2 is 1.08 bits per heavy atom. The molecule has 0 aliphatic heterocycles. The van der Waals surface area contributed by atoms with Gasteiger partial charge in [0.1, 0.15) is 21.2 Å². The number of phenolic OH excluding ortho intramolecular Hbond substituents is 2. The number of rotatable bonds is 9. The highest BCUT2D eigenvalue weighted by Gasteiger charge is 2.23. The Morgan fingerprint density at radius 3 is 1.56 bits per heavy atom. The number of hydrogen-bond donors (Lipinski definition) is 5. The molecule has 0 atom stereocenters. The van der Waals surface area contributed by atoms with Gasteiger partial charge in [0.15, 0.2) is 11.5 Å². The third kappa shape index (κ3) is 6.94. The van der Waals surface area contributed by atoms with E-state index in [0.717, 1.165) is 11.1 Å². The third-order valence-corrected chi connectivity index (χ3v) is 10.6. The van der Waals surface area contributed by atoms with Gasteiger partial charge in [-0.25, -0.2) is 0 Å². The molecular formula is C34H26N4O8S4. The number of nitrogens with zero attached hydrogens (tertiary/aromatic N) is 4. The van der Waals surface area contributed by atoms with Crippen LogP contribution in [0.1, 0.15) is 5.56 Å². The second-order valence-electron chi connectivity index (χ2n) is 10.8. The fourth-order valence-corrected chi connectivity index (χ4v) is 7.44. The Morgan fingerprint density at radius 1 is 0.620 bits per heavy atom. The molecule has 0 spiro atoms. The van der Waals surface area contributed by atoms with Gasteiger partial charge in [-0.15, -0.1) is 27.1 Å². The molecule has 0 unspecified atom stereocenters. The molecule has 0 aromatic heterocycles. The van der Waals surface area contributed by atoms with Crippen LogP contribution in [0.4, 0.5) is 22.7 Å². The van der Waals surface area contributed by atoms with Crippen molar-refractivity contribution in [3.63, 3.8) is 0 Å². The number of azo groups is 2. The van der Waals surface area contributed by atoms with Gasteiger partial charge in [-0.3, -0.25) is 9.11 Å². The van der Waals surface area contributed by atoms with Crippen LogP contribution < -0.4 is 0 Å². The van der Waals surface area contributed by atoms with E-state index in [4.69, 9.17) is 0 Å². The summed E-state index contributed by atoms with van der Waals surface area (Å²) in [6.45, 7) is 0. The van der Waals surface area contributed by atoms with Crippen molar-refractivity contribution in [3.05, 3.63) is 103 Å². The molecule has 0 bridgehead atoms. The molecular weight excluding hydrogens is 721 g/mol. The van der Waals surface area contributed by atoms with Gasteiger partial charge in [0, 0.05) is 21.4 Å². The number of thiol groups is 1.